The molecule has 1 aromatic carbocycles. The number of aromatic nitrogens is 1. The van der Waals surface area contributed by atoms with Gasteiger partial charge >= 0.3 is 0 Å². The highest BCUT2D eigenvalue weighted by Gasteiger charge is 2.24. The van der Waals surface area contributed by atoms with Crippen molar-refractivity contribution in [2.45, 2.75) is 39.2 Å². The molecule has 0 atom stereocenters. The van der Waals surface area contributed by atoms with Gasteiger partial charge < -0.3 is 14.6 Å². The van der Waals surface area contributed by atoms with Crippen LogP contribution in [-0.4, -0.2) is 29.4 Å². The third-order valence-corrected chi connectivity index (χ3v) is 4.29. The van der Waals surface area contributed by atoms with Crippen LogP contribution in [0.3, 0.4) is 0 Å². The maximum atomic E-state index is 12.2. The van der Waals surface area contributed by atoms with E-state index in [0.29, 0.717) is 13.0 Å². The Morgan fingerprint density at radius 1 is 1.43 bits per heavy atom. The van der Waals surface area contributed by atoms with Crippen LogP contribution in [-0.2, 0) is 17.8 Å². The molecule has 3 rings (SSSR count). The summed E-state index contributed by atoms with van der Waals surface area (Å²) in [6, 6.07) is 6.08. The molecule has 0 unspecified atom stereocenters. The highest BCUT2D eigenvalue weighted by atomic mass is 16.5. The molecule has 1 N–H and O–H groups in total. The van der Waals surface area contributed by atoms with Gasteiger partial charge in [-0.05, 0) is 12.5 Å². The molecule has 1 aliphatic heterocycles. The second-order valence-corrected chi connectivity index (χ2v) is 5.63. The molecule has 4 heteroatoms. The van der Waals surface area contributed by atoms with E-state index < -0.39 is 0 Å². The summed E-state index contributed by atoms with van der Waals surface area (Å²) in [4.78, 5) is 17.7. The number of hydrogen-bond acceptors (Lipinski definition) is 2. The first kappa shape index (κ1) is 14.0. The van der Waals surface area contributed by atoms with Gasteiger partial charge in [0.15, 0.2) is 0 Å². The molecule has 1 amide bonds. The van der Waals surface area contributed by atoms with Crippen molar-refractivity contribution in [3.05, 3.63) is 29.5 Å². The molecule has 4 nitrogen and oxygen atoms in total. The first-order valence-corrected chi connectivity index (χ1v) is 7.68. The van der Waals surface area contributed by atoms with Crippen LogP contribution in [0.15, 0.2) is 18.2 Å². The molecule has 0 saturated carbocycles. The molecule has 0 fully saturated rings. The lowest BCUT2D eigenvalue weighted by Gasteiger charge is -2.27. The van der Waals surface area contributed by atoms with Crippen LogP contribution in [0.2, 0.25) is 0 Å². The van der Waals surface area contributed by atoms with E-state index >= 15 is 0 Å². The summed E-state index contributed by atoms with van der Waals surface area (Å²) in [5, 5.41) is 1.18. The number of nitrogens with one attached hydrogen (secondary N) is 1. The molecular formula is C17H22N2O2. The molecule has 1 aromatic heterocycles. The lowest BCUT2D eigenvalue weighted by molar-refractivity contribution is -0.132. The highest BCUT2D eigenvalue weighted by molar-refractivity contribution is 5.90. The molecule has 0 radical (unpaired) electrons. The molecule has 0 spiro atoms. The number of H-pyrrole nitrogens is 1. The third kappa shape index (κ3) is 2.50. The number of nitrogens with zero attached hydrogens (tertiary/aromatic N) is 1. The Bertz CT molecular complexity index is 660. The molecule has 2 heterocycles. The topological polar surface area (TPSA) is 45.3 Å². The van der Waals surface area contributed by atoms with Crippen molar-refractivity contribution in [3.8, 4) is 5.75 Å². The van der Waals surface area contributed by atoms with E-state index in [-0.39, 0.29) is 5.91 Å². The van der Waals surface area contributed by atoms with Gasteiger partial charge in [-0.15, -0.1) is 0 Å². The number of rotatable bonds is 4. The van der Waals surface area contributed by atoms with E-state index in [4.69, 9.17) is 4.74 Å². The van der Waals surface area contributed by atoms with E-state index in [1.807, 2.05) is 17.0 Å². The SMILES string of the molecule is CCCCC(=O)N1CCc2[nH]c3c(OC)cccc3c2C1. The normalized spacial score (nSPS) is 14.3. The van der Waals surface area contributed by atoms with Gasteiger partial charge in [-0.2, -0.15) is 0 Å². The van der Waals surface area contributed by atoms with Crippen molar-refractivity contribution in [2.24, 2.45) is 0 Å². The van der Waals surface area contributed by atoms with Gasteiger partial charge in [0.05, 0.1) is 12.6 Å². The lowest BCUT2D eigenvalue weighted by Crippen LogP contribution is -2.35. The minimum atomic E-state index is 0.278. The Hall–Kier alpha value is -1.97. The number of amides is 1. The van der Waals surface area contributed by atoms with Crippen molar-refractivity contribution in [3.63, 3.8) is 0 Å². The quantitative estimate of drug-likeness (QED) is 0.937. The summed E-state index contributed by atoms with van der Waals surface area (Å²) >= 11 is 0. The van der Waals surface area contributed by atoms with Crippen molar-refractivity contribution >= 4 is 16.8 Å². The fraction of sp³-hybridized carbons (Fsp3) is 0.471. The number of carbonyl (C=O) groups is 1. The number of carbonyl (C=O) groups excluding carboxylic acids is 1. The molecule has 0 saturated heterocycles. The molecule has 0 bridgehead atoms. The van der Waals surface area contributed by atoms with Crippen LogP contribution < -0.4 is 4.74 Å². The van der Waals surface area contributed by atoms with Crippen LogP contribution in [0.4, 0.5) is 0 Å². The first-order chi connectivity index (χ1) is 10.2. The minimum Gasteiger partial charge on any atom is -0.495 e. The second-order valence-electron chi connectivity index (χ2n) is 5.63. The Morgan fingerprint density at radius 2 is 2.29 bits per heavy atom. The van der Waals surface area contributed by atoms with Gasteiger partial charge in [-0.25, -0.2) is 0 Å². The van der Waals surface area contributed by atoms with Crippen LogP contribution in [0.1, 0.15) is 37.4 Å². The monoisotopic (exact) mass is 286 g/mol. The van der Waals surface area contributed by atoms with Crippen LogP contribution in [0.25, 0.3) is 10.9 Å². The number of hydrogen-bond donors (Lipinski definition) is 1. The predicted molar refractivity (Wildman–Crippen MR) is 83.5 cm³/mol. The first-order valence-electron chi connectivity index (χ1n) is 7.68. The van der Waals surface area contributed by atoms with Gasteiger partial charge in [0.2, 0.25) is 5.91 Å². The van der Waals surface area contributed by atoms with Gasteiger partial charge in [0, 0.05) is 42.6 Å². The minimum absolute atomic E-state index is 0.278. The summed E-state index contributed by atoms with van der Waals surface area (Å²) in [5.41, 5.74) is 3.54. The predicted octanol–water partition coefficient (Wildman–Crippen LogP) is 3.25. The van der Waals surface area contributed by atoms with Gasteiger partial charge in [-0.3, -0.25) is 4.79 Å². The van der Waals surface area contributed by atoms with Gasteiger partial charge in [-0.1, -0.05) is 25.5 Å². The number of benzene rings is 1. The second kappa shape index (κ2) is 5.80. The maximum Gasteiger partial charge on any atom is 0.222 e. The zero-order chi connectivity index (χ0) is 14.8. The number of methoxy groups -OCH3 is 1. The number of aromatic amines is 1. The van der Waals surface area contributed by atoms with Crippen molar-refractivity contribution in [1.82, 2.24) is 9.88 Å². The average molecular weight is 286 g/mol. The van der Waals surface area contributed by atoms with E-state index in [1.165, 1.54) is 16.6 Å². The Morgan fingerprint density at radius 3 is 3.05 bits per heavy atom. The Kier molecular flexibility index (Phi) is 3.86. The van der Waals surface area contributed by atoms with E-state index in [9.17, 15) is 4.79 Å². The molecule has 1 aliphatic rings. The number of ether oxygens (including phenoxy) is 1. The van der Waals surface area contributed by atoms with Gasteiger partial charge in [0.1, 0.15) is 5.75 Å². The lowest BCUT2D eigenvalue weighted by atomic mass is 10.0. The van der Waals surface area contributed by atoms with Crippen molar-refractivity contribution < 1.29 is 9.53 Å². The number of fused-ring (bicyclic) bond motifs is 3. The molecule has 21 heavy (non-hydrogen) atoms. The Balaban J connectivity index is 1.90. The molecular weight excluding hydrogens is 264 g/mol. The largest absolute Gasteiger partial charge is 0.495 e. The van der Waals surface area contributed by atoms with Crippen molar-refractivity contribution in [2.75, 3.05) is 13.7 Å². The maximum absolute atomic E-state index is 12.2. The van der Waals surface area contributed by atoms with Gasteiger partial charge in [0.25, 0.3) is 0 Å². The zero-order valence-corrected chi connectivity index (χ0v) is 12.7. The molecule has 2 aromatic rings. The van der Waals surface area contributed by atoms with Crippen molar-refractivity contribution in [1.29, 1.82) is 0 Å². The number of para-hydroxylation sites is 1. The van der Waals surface area contributed by atoms with Crippen LogP contribution in [0, 0.1) is 0 Å². The highest BCUT2D eigenvalue weighted by Crippen LogP contribution is 2.32. The van der Waals surface area contributed by atoms with Crippen LogP contribution >= 0.6 is 0 Å². The molecule has 0 aliphatic carbocycles. The summed E-state index contributed by atoms with van der Waals surface area (Å²) < 4.78 is 5.42. The fourth-order valence-electron chi connectivity index (χ4n) is 3.08. The summed E-state index contributed by atoms with van der Waals surface area (Å²) in [7, 11) is 1.69. The molecule has 112 valence electrons. The number of unbranched alkanes of at least 4 members (excludes halogenated alkanes) is 1. The fourth-order valence-corrected chi connectivity index (χ4v) is 3.08. The summed E-state index contributed by atoms with van der Waals surface area (Å²) in [5.74, 6) is 1.14. The average Bonchev–Trinajstić information content (AvgIpc) is 2.90. The van der Waals surface area contributed by atoms with E-state index in [0.717, 1.165) is 37.1 Å². The smallest absolute Gasteiger partial charge is 0.222 e. The van der Waals surface area contributed by atoms with E-state index in [2.05, 4.69) is 18.0 Å². The van der Waals surface area contributed by atoms with E-state index in [1.54, 1.807) is 7.11 Å². The Labute approximate surface area is 125 Å². The third-order valence-electron chi connectivity index (χ3n) is 4.29. The summed E-state index contributed by atoms with van der Waals surface area (Å²) in [6.45, 7) is 3.64. The van der Waals surface area contributed by atoms with Crippen LogP contribution in [0.5, 0.6) is 5.75 Å². The zero-order valence-electron chi connectivity index (χ0n) is 12.7. The standard InChI is InChI=1S/C17H22N2O2/c1-3-4-8-16(20)19-10-9-14-13(11-19)12-6-5-7-15(21-2)17(12)18-14/h5-7,18H,3-4,8-11H2,1-2H3. The summed E-state index contributed by atoms with van der Waals surface area (Å²) in [6.07, 6.45) is 3.60.